The first kappa shape index (κ1) is 12.8. The lowest BCUT2D eigenvalue weighted by Crippen LogP contribution is -2.25. The molecule has 1 atom stereocenters. The summed E-state index contributed by atoms with van der Waals surface area (Å²) in [5.41, 5.74) is 1.28. The van der Waals surface area contributed by atoms with Crippen molar-refractivity contribution >= 4 is 0 Å². The van der Waals surface area contributed by atoms with Gasteiger partial charge in [0.1, 0.15) is 0 Å². The van der Waals surface area contributed by atoms with Crippen LogP contribution in [0, 0.1) is 5.92 Å². The molecule has 0 bridgehead atoms. The smallest absolute Gasteiger partial charge is 0.0327 e. The van der Waals surface area contributed by atoms with Crippen LogP contribution >= 0.6 is 0 Å². The number of nitrogens with one attached hydrogen (secondary N) is 2. The third-order valence-electron chi connectivity index (χ3n) is 2.07. The van der Waals surface area contributed by atoms with E-state index in [0.717, 1.165) is 13.1 Å². The van der Waals surface area contributed by atoms with Crippen LogP contribution in [0.15, 0.2) is 36.7 Å². The van der Waals surface area contributed by atoms with Crippen LogP contribution < -0.4 is 10.6 Å². The van der Waals surface area contributed by atoms with Gasteiger partial charge in [0.15, 0.2) is 0 Å². The van der Waals surface area contributed by atoms with E-state index in [-0.39, 0.29) is 0 Å². The second-order valence-electron chi connectivity index (χ2n) is 3.21. The molecule has 0 heterocycles. The summed E-state index contributed by atoms with van der Waals surface area (Å²) in [7, 11) is 0. The second-order valence-corrected chi connectivity index (χ2v) is 3.21. The molecule has 0 aromatic rings. The van der Waals surface area contributed by atoms with Gasteiger partial charge in [-0.3, -0.25) is 0 Å². The van der Waals surface area contributed by atoms with Gasteiger partial charge in [0.05, 0.1) is 0 Å². The van der Waals surface area contributed by atoms with Crippen molar-refractivity contribution < 1.29 is 0 Å². The van der Waals surface area contributed by atoms with Gasteiger partial charge in [-0.2, -0.15) is 0 Å². The molecule has 0 aromatic carbocycles. The van der Waals surface area contributed by atoms with E-state index >= 15 is 0 Å². The zero-order chi connectivity index (χ0) is 10.8. The molecule has 0 aromatic heterocycles. The fourth-order valence-corrected chi connectivity index (χ4v) is 1.23. The molecular formula is C12H22N2. The number of rotatable bonds is 7. The minimum absolute atomic E-state index is 0.489. The molecule has 1 unspecified atom stereocenters. The van der Waals surface area contributed by atoms with Gasteiger partial charge in [-0.25, -0.2) is 0 Å². The molecule has 14 heavy (non-hydrogen) atoms. The molecule has 0 radical (unpaired) electrons. The van der Waals surface area contributed by atoms with Crippen molar-refractivity contribution in [1.82, 2.24) is 10.6 Å². The third-order valence-corrected chi connectivity index (χ3v) is 2.07. The lowest BCUT2D eigenvalue weighted by Gasteiger charge is -2.16. The Labute approximate surface area is 87.8 Å². The first-order valence-electron chi connectivity index (χ1n) is 5.11. The van der Waals surface area contributed by atoms with E-state index in [0.29, 0.717) is 5.92 Å². The van der Waals surface area contributed by atoms with E-state index in [4.69, 9.17) is 0 Å². The van der Waals surface area contributed by atoms with Crippen LogP contribution in [0.25, 0.3) is 0 Å². The maximum Gasteiger partial charge on any atom is 0.0327 e. The summed E-state index contributed by atoms with van der Waals surface area (Å²) in [6.07, 6.45) is 8.01. The van der Waals surface area contributed by atoms with Gasteiger partial charge < -0.3 is 10.6 Å². The molecule has 0 rings (SSSR count). The Morgan fingerprint density at radius 3 is 2.64 bits per heavy atom. The Balaban J connectivity index is 3.93. The van der Waals surface area contributed by atoms with Crippen molar-refractivity contribution in [2.45, 2.75) is 20.8 Å². The van der Waals surface area contributed by atoms with E-state index in [2.05, 4.69) is 43.2 Å². The SMILES string of the molecule is C=CNCC(C)/C(=C/C)NC/C=C\C. The number of hydrogen-bond donors (Lipinski definition) is 2. The molecular weight excluding hydrogens is 172 g/mol. The molecule has 0 saturated heterocycles. The van der Waals surface area contributed by atoms with Crippen molar-refractivity contribution in [1.29, 1.82) is 0 Å². The second kappa shape index (κ2) is 8.42. The fraction of sp³-hybridized carbons (Fsp3) is 0.500. The molecule has 0 saturated carbocycles. The van der Waals surface area contributed by atoms with Gasteiger partial charge in [0, 0.05) is 24.7 Å². The van der Waals surface area contributed by atoms with Crippen LogP contribution in [0.5, 0.6) is 0 Å². The zero-order valence-electron chi connectivity index (χ0n) is 9.51. The lowest BCUT2D eigenvalue weighted by molar-refractivity contribution is 0.591. The first-order chi connectivity index (χ1) is 6.76. The molecule has 0 fully saturated rings. The highest BCUT2D eigenvalue weighted by Crippen LogP contribution is 2.05. The number of hydrogen-bond acceptors (Lipinski definition) is 2. The normalized spacial score (nSPS) is 14.1. The van der Waals surface area contributed by atoms with Crippen molar-refractivity contribution in [2.24, 2.45) is 5.92 Å². The summed E-state index contributed by atoms with van der Waals surface area (Å²) < 4.78 is 0. The highest BCUT2D eigenvalue weighted by atomic mass is 14.9. The molecule has 2 nitrogen and oxygen atoms in total. The molecule has 2 N–H and O–H groups in total. The quantitative estimate of drug-likeness (QED) is 0.608. The van der Waals surface area contributed by atoms with E-state index in [1.165, 1.54) is 5.70 Å². The summed E-state index contributed by atoms with van der Waals surface area (Å²) in [4.78, 5) is 0. The van der Waals surface area contributed by atoms with Crippen molar-refractivity contribution in [2.75, 3.05) is 13.1 Å². The molecule has 0 aliphatic rings. The van der Waals surface area contributed by atoms with Crippen LogP contribution in [0.1, 0.15) is 20.8 Å². The summed E-state index contributed by atoms with van der Waals surface area (Å²) in [5, 5.41) is 6.50. The van der Waals surface area contributed by atoms with Crippen LogP contribution in [0.4, 0.5) is 0 Å². The molecule has 0 aliphatic heterocycles. The molecule has 0 amide bonds. The van der Waals surface area contributed by atoms with E-state index in [9.17, 15) is 0 Å². The minimum Gasteiger partial charge on any atom is -0.391 e. The van der Waals surface area contributed by atoms with Gasteiger partial charge in [0.25, 0.3) is 0 Å². The molecule has 80 valence electrons. The Kier molecular flexibility index (Phi) is 7.71. The van der Waals surface area contributed by atoms with Crippen LogP contribution in [-0.4, -0.2) is 13.1 Å². The van der Waals surface area contributed by atoms with Crippen LogP contribution in [0.2, 0.25) is 0 Å². The van der Waals surface area contributed by atoms with Gasteiger partial charge in [-0.05, 0) is 20.0 Å². The molecule has 0 spiro atoms. The van der Waals surface area contributed by atoms with Crippen molar-refractivity contribution in [3.05, 3.63) is 36.7 Å². The highest BCUT2D eigenvalue weighted by molar-refractivity contribution is 5.04. The average Bonchev–Trinajstić information content (AvgIpc) is 2.21. The van der Waals surface area contributed by atoms with Gasteiger partial charge in [-0.1, -0.05) is 31.7 Å². The lowest BCUT2D eigenvalue weighted by atomic mass is 10.1. The first-order valence-corrected chi connectivity index (χ1v) is 5.11. The predicted molar refractivity (Wildman–Crippen MR) is 63.9 cm³/mol. The Morgan fingerprint density at radius 1 is 1.43 bits per heavy atom. The van der Waals surface area contributed by atoms with E-state index < -0.39 is 0 Å². The summed E-state index contributed by atoms with van der Waals surface area (Å²) in [6, 6.07) is 0. The summed E-state index contributed by atoms with van der Waals surface area (Å²) in [6.45, 7) is 11.7. The topological polar surface area (TPSA) is 24.1 Å². The zero-order valence-corrected chi connectivity index (χ0v) is 9.51. The number of allylic oxidation sites excluding steroid dienone is 2. The maximum atomic E-state index is 3.63. The largest absolute Gasteiger partial charge is 0.391 e. The fourth-order valence-electron chi connectivity index (χ4n) is 1.23. The average molecular weight is 194 g/mol. The summed E-state index contributed by atoms with van der Waals surface area (Å²) in [5.74, 6) is 0.489. The standard InChI is InChI=1S/C12H22N2/c1-5-8-9-14-12(6-2)11(4)10-13-7-3/h5-8,11,13-14H,3,9-10H2,1-2,4H3/b8-5-,12-6-. The molecule has 2 heteroatoms. The van der Waals surface area contributed by atoms with Crippen LogP contribution in [0.3, 0.4) is 0 Å². The third kappa shape index (κ3) is 5.46. The van der Waals surface area contributed by atoms with Crippen molar-refractivity contribution in [3.63, 3.8) is 0 Å². The van der Waals surface area contributed by atoms with Gasteiger partial charge >= 0.3 is 0 Å². The predicted octanol–water partition coefficient (Wildman–Crippen LogP) is 2.43. The Bertz CT molecular complexity index is 204. The van der Waals surface area contributed by atoms with E-state index in [1.807, 2.05) is 13.0 Å². The Hall–Kier alpha value is -1.18. The highest BCUT2D eigenvalue weighted by Gasteiger charge is 2.04. The monoisotopic (exact) mass is 194 g/mol. The van der Waals surface area contributed by atoms with Crippen LogP contribution in [-0.2, 0) is 0 Å². The minimum atomic E-state index is 0.489. The van der Waals surface area contributed by atoms with E-state index in [1.54, 1.807) is 6.20 Å². The Morgan fingerprint density at radius 2 is 2.14 bits per heavy atom. The van der Waals surface area contributed by atoms with Gasteiger partial charge in [-0.15, -0.1) is 0 Å². The summed E-state index contributed by atoms with van der Waals surface area (Å²) >= 11 is 0. The van der Waals surface area contributed by atoms with Gasteiger partial charge in [0.2, 0.25) is 0 Å². The van der Waals surface area contributed by atoms with Crippen molar-refractivity contribution in [3.8, 4) is 0 Å². The maximum absolute atomic E-state index is 3.63. The molecule has 0 aliphatic carbocycles.